The Bertz CT molecular complexity index is 3440. The zero-order chi connectivity index (χ0) is 62.7. The van der Waals surface area contributed by atoms with Crippen LogP contribution in [0, 0.1) is 13.0 Å². The van der Waals surface area contributed by atoms with E-state index < -0.39 is 35.2 Å². The molecule has 0 saturated carbocycles. The first kappa shape index (κ1) is 63.2. The fourth-order valence-corrected chi connectivity index (χ4v) is 10.6. The van der Waals surface area contributed by atoms with E-state index in [0.29, 0.717) is 74.9 Å². The molecular weight excluding hydrogens is 1100 g/mol. The van der Waals surface area contributed by atoms with Gasteiger partial charge in [-0.05, 0) is 131 Å². The van der Waals surface area contributed by atoms with Gasteiger partial charge in [-0.2, -0.15) is 6.42 Å². The molecule has 10 aromatic rings. The molecule has 14 nitrogen and oxygen atoms in total. The maximum Gasteiger partial charge on any atom is 1.00 e. The average molecular weight is 1180 g/mol. The number of carbonyl (C=O) groups is 2. The molecule has 0 amide bonds. The number of ketones is 2. The van der Waals surface area contributed by atoms with Crippen LogP contribution in [-0.4, -0.2) is 72.4 Å². The third-order valence-corrected chi connectivity index (χ3v) is 15.2. The highest BCUT2D eigenvalue weighted by atomic mass is 16.3. The van der Waals surface area contributed by atoms with E-state index in [0.717, 1.165) is 22.3 Å². The lowest BCUT2D eigenvalue weighted by Crippen LogP contribution is -2.14. The van der Waals surface area contributed by atoms with E-state index in [4.69, 9.17) is 0 Å². The number of aromatic hydroxyl groups is 8. The smallest absolute Gasteiger partial charge is 0.508 e. The molecule has 0 aliphatic heterocycles. The number of Topliss-reactive ketones (excluding diaryl/α,β-unsaturated/α-hetero) is 2. The lowest BCUT2D eigenvalue weighted by Gasteiger charge is -2.28. The Hall–Kier alpha value is -10.9. The summed E-state index contributed by atoms with van der Waals surface area (Å²) in [5.41, 5.74) is 8.67. The summed E-state index contributed by atoms with van der Waals surface area (Å²) in [7, 11) is 0. The molecule has 2 unspecified atom stereocenters. The molecule has 0 saturated heterocycles. The Balaban J connectivity index is 0.000000226. The maximum absolute atomic E-state index is 11.8. The Kier molecular flexibility index (Phi) is 21.7. The molecule has 8 N–H and O–H groups in total. The summed E-state index contributed by atoms with van der Waals surface area (Å²) in [5, 5.41) is 88.6. The highest BCUT2D eigenvalue weighted by Gasteiger charge is 2.31. The van der Waals surface area contributed by atoms with Gasteiger partial charge >= 0.3 is 2.85 Å². The van der Waals surface area contributed by atoms with E-state index in [1.54, 1.807) is 128 Å². The number of phenolic OH excluding ortho intramolecular Hbond substituents is 8. The summed E-state index contributed by atoms with van der Waals surface area (Å²) < 4.78 is 0. The molecule has 14 heteroatoms. The second kappa shape index (κ2) is 30.3. The van der Waals surface area contributed by atoms with Crippen LogP contribution >= 0.6 is 0 Å². The molecule has 0 spiro atoms. The van der Waals surface area contributed by atoms with Crippen LogP contribution in [0.4, 0.5) is 0 Å². The molecule has 0 fully saturated rings. The summed E-state index contributed by atoms with van der Waals surface area (Å²) in [6.07, 6.45) is 24.0. The minimum absolute atomic E-state index is 0. The van der Waals surface area contributed by atoms with E-state index in [1.807, 2.05) is 69.3 Å². The van der Waals surface area contributed by atoms with E-state index >= 15 is 0 Å². The molecule has 446 valence electrons. The topological polar surface area (TPSA) is 248 Å². The molecule has 88 heavy (non-hydrogen) atoms. The van der Waals surface area contributed by atoms with Gasteiger partial charge in [0.05, 0.1) is 0 Å². The van der Waals surface area contributed by atoms with Gasteiger partial charge in [0.25, 0.3) is 0 Å². The van der Waals surface area contributed by atoms with Crippen molar-refractivity contribution in [3.63, 3.8) is 0 Å². The third kappa shape index (κ3) is 15.5. The minimum atomic E-state index is -0.658. The third-order valence-electron chi connectivity index (χ3n) is 15.2. The Morgan fingerprint density at radius 3 is 0.909 bits per heavy atom. The number of pyridine rings is 4. The molecule has 0 radical (unpaired) electrons. The van der Waals surface area contributed by atoms with Crippen LogP contribution in [0.3, 0.4) is 0 Å². The maximum atomic E-state index is 11.8. The van der Waals surface area contributed by atoms with Gasteiger partial charge < -0.3 is 52.6 Å². The number of fused-ring (bicyclic) bond motifs is 8. The van der Waals surface area contributed by atoms with Gasteiger partial charge in [0.2, 0.25) is 0 Å². The number of nitrogens with zero attached hydrogens (tertiary/aromatic N) is 4. The monoisotopic (exact) mass is 1170 g/mol. The lowest BCUT2D eigenvalue weighted by atomic mass is 9.78. The molecule has 4 atom stereocenters. The SMILES string of the molecule is C(=C\c1ccncc1)/c1ccncc1.C(=C\c1ccncc1)/c1ccncc1.O=C(C(=O)c1ccccc1)c1[c-]cccc1.[CH2-]CC1c2cc(c(O)cc2O)[C@@H](CC)c2cc(c(O)cc2O)C(CC)c2cc(c(O)cc2O)[C@@H](CC)c2cc1c(O)cc2O.[H+].[H+]. The quantitative estimate of drug-likeness (QED) is 0.0341. The van der Waals surface area contributed by atoms with Crippen molar-refractivity contribution in [3.8, 4) is 46.0 Å². The largest absolute Gasteiger partial charge is 1.00 e. The van der Waals surface area contributed by atoms with Crippen LogP contribution < -0.4 is 0 Å². The number of hydrogen-bond donors (Lipinski definition) is 8. The number of rotatable bonds is 11. The van der Waals surface area contributed by atoms with Crippen molar-refractivity contribution in [2.24, 2.45) is 0 Å². The second-order valence-corrected chi connectivity index (χ2v) is 20.7. The van der Waals surface area contributed by atoms with Gasteiger partial charge in [-0.25, -0.2) is 0 Å². The van der Waals surface area contributed by atoms with Crippen molar-refractivity contribution in [1.82, 2.24) is 19.9 Å². The standard InChI is InChI=1S/C36H39O8.C14H9O2.2C12H10N2/c1-5-17-21-9-23(31(39)13-29(21)37)18(6-2)25-11-27(35(43)15-33(25)41)20(8-4)28-12-26(34(42)16-36(28)44)19(7-3)24-10-22(17)30(38)14-32(24)40;15-13(11-7-3-1-4-8-11)14(16)12-9-5-2-6-10-12;2*1(11-3-7-13-8-4-11)2-12-5-9-14-10-6-12/h9-20,37-44H,1,5-8H2,2-4H3;1-9H;2*1-10H/q2*-1;;/p+2/b;;2*2-1+/t17?,18-,19+,20?;;;. The van der Waals surface area contributed by atoms with Crippen molar-refractivity contribution in [3.05, 3.63) is 292 Å². The van der Waals surface area contributed by atoms with E-state index in [-0.39, 0.29) is 55.3 Å². The fourth-order valence-electron chi connectivity index (χ4n) is 10.6. The summed E-state index contributed by atoms with van der Waals surface area (Å²) in [5.74, 6) is -4.88. The Morgan fingerprint density at radius 2 is 0.659 bits per heavy atom. The van der Waals surface area contributed by atoms with Gasteiger partial charge in [-0.3, -0.25) is 24.7 Å². The lowest BCUT2D eigenvalue weighted by molar-refractivity contribution is 0.0817. The number of phenols is 8. The van der Waals surface area contributed by atoms with Crippen molar-refractivity contribution >= 4 is 35.9 Å². The summed E-state index contributed by atoms with van der Waals surface area (Å²) in [6, 6.07) is 45.3. The van der Waals surface area contributed by atoms with Crippen LogP contribution in [0.15, 0.2) is 201 Å². The number of aromatic nitrogens is 4. The minimum Gasteiger partial charge on any atom is -0.508 e. The van der Waals surface area contributed by atoms with Crippen molar-refractivity contribution < 1.29 is 53.3 Å². The normalized spacial score (nSPS) is 14.9. The molecule has 4 heterocycles. The summed E-state index contributed by atoms with van der Waals surface area (Å²) in [6.45, 7) is 9.74. The van der Waals surface area contributed by atoms with E-state index in [1.165, 1.54) is 24.3 Å². The first-order valence-corrected chi connectivity index (χ1v) is 28.7. The van der Waals surface area contributed by atoms with Gasteiger partial charge in [0.15, 0.2) is 5.78 Å². The van der Waals surface area contributed by atoms with Crippen molar-refractivity contribution in [2.45, 2.75) is 70.1 Å². The van der Waals surface area contributed by atoms with Crippen LogP contribution in [0.2, 0.25) is 0 Å². The van der Waals surface area contributed by atoms with Gasteiger partial charge in [-0.15, -0.1) is 30.3 Å². The van der Waals surface area contributed by atoms with Gasteiger partial charge in [0, 0.05) is 131 Å². The van der Waals surface area contributed by atoms with E-state index in [2.05, 4.69) is 57.2 Å². The van der Waals surface area contributed by atoms with Crippen LogP contribution in [0.5, 0.6) is 46.0 Å². The number of carbonyl (C=O) groups excluding carboxylic acids is 2. The van der Waals surface area contributed by atoms with E-state index in [9.17, 15) is 50.4 Å². The van der Waals surface area contributed by atoms with Crippen LogP contribution in [0.25, 0.3) is 24.3 Å². The predicted molar refractivity (Wildman–Crippen MR) is 345 cm³/mol. The summed E-state index contributed by atoms with van der Waals surface area (Å²) >= 11 is 0. The summed E-state index contributed by atoms with van der Waals surface area (Å²) in [4.78, 5) is 39.4. The predicted octanol–water partition coefficient (Wildman–Crippen LogP) is 15.7. The molecule has 4 aromatic heterocycles. The first-order chi connectivity index (χ1) is 42.6. The molecule has 1 aliphatic rings. The Morgan fingerprint density at radius 1 is 0.386 bits per heavy atom. The van der Waals surface area contributed by atoms with Crippen molar-refractivity contribution in [1.29, 1.82) is 0 Å². The number of hydrogen-bond acceptors (Lipinski definition) is 14. The molecular formula is C74H70N4O10. The first-order valence-electron chi connectivity index (χ1n) is 28.7. The second-order valence-electron chi connectivity index (χ2n) is 20.7. The average Bonchev–Trinajstić information content (AvgIpc) is 0.867. The number of benzene rings is 6. The molecule has 8 bridgehead atoms. The molecule has 6 aromatic carbocycles. The van der Waals surface area contributed by atoms with Crippen LogP contribution in [0.1, 0.15) is 160 Å². The zero-order valence-corrected chi connectivity index (χ0v) is 48.9. The fraction of sp³-hybridized carbons (Fsp3) is 0.149. The highest BCUT2D eigenvalue weighted by Crippen LogP contribution is 2.51. The molecule has 1 aliphatic carbocycles. The van der Waals surface area contributed by atoms with Gasteiger partial charge in [0.1, 0.15) is 51.8 Å². The van der Waals surface area contributed by atoms with Crippen LogP contribution in [-0.2, 0) is 0 Å². The molecule has 11 rings (SSSR count). The van der Waals surface area contributed by atoms with Crippen molar-refractivity contribution in [2.75, 3.05) is 0 Å². The Labute approximate surface area is 515 Å². The highest BCUT2D eigenvalue weighted by molar-refractivity contribution is 6.49. The van der Waals surface area contributed by atoms with Gasteiger partial charge in [-0.1, -0.05) is 81.0 Å². The zero-order valence-electron chi connectivity index (χ0n) is 50.9.